The average Bonchev–Trinajstić information content (AvgIpc) is 3.00. The van der Waals surface area contributed by atoms with E-state index < -0.39 is 0 Å². The molecule has 1 aliphatic heterocycles. The molecule has 0 bridgehead atoms. The highest BCUT2D eigenvalue weighted by molar-refractivity contribution is 6.10. The van der Waals surface area contributed by atoms with E-state index >= 15 is 0 Å². The van der Waals surface area contributed by atoms with Crippen LogP contribution in [-0.2, 0) is 11.8 Å². The molecule has 148 valence electrons. The van der Waals surface area contributed by atoms with Crippen molar-refractivity contribution in [1.29, 1.82) is 0 Å². The first-order valence-electron chi connectivity index (χ1n) is 9.94. The summed E-state index contributed by atoms with van der Waals surface area (Å²) in [6, 6.07) is 6.48. The van der Waals surface area contributed by atoms with E-state index in [1.807, 2.05) is 13.1 Å². The monoisotopic (exact) mass is 380 g/mol. The number of pyridine rings is 1. The van der Waals surface area contributed by atoms with Crippen LogP contribution in [0.5, 0.6) is 5.75 Å². The van der Waals surface area contributed by atoms with E-state index in [4.69, 9.17) is 4.74 Å². The molecular formula is C22H28N4O2. The Kier molecular flexibility index (Phi) is 4.98. The zero-order valence-electron chi connectivity index (χ0n) is 17.2. The van der Waals surface area contributed by atoms with Crippen LogP contribution >= 0.6 is 0 Å². The van der Waals surface area contributed by atoms with E-state index in [0.29, 0.717) is 18.7 Å². The van der Waals surface area contributed by atoms with E-state index in [9.17, 15) is 4.79 Å². The SMILES string of the molecule is CCC(=O)CN1CCN(c2cc3c4ccnc(C)c4n(C)c3cc2OC)CC1. The molecule has 1 fully saturated rings. The maximum atomic E-state index is 11.7. The number of rotatable bonds is 5. The summed E-state index contributed by atoms with van der Waals surface area (Å²) in [5, 5.41) is 2.45. The second-order valence-corrected chi connectivity index (χ2v) is 7.55. The number of hydrogen-bond donors (Lipinski definition) is 0. The van der Waals surface area contributed by atoms with Crippen LogP contribution < -0.4 is 9.64 Å². The first-order chi connectivity index (χ1) is 13.5. The number of hydrogen-bond acceptors (Lipinski definition) is 5. The van der Waals surface area contributed by atoms with Gasteiger partial charge in [-0.15, -0.1) is 0 Å². The number of fused-ring (bicyclic) bond motifs is 3. The Morgan fingerprint density at radius 3 is 2.61 bits per heavy atom. The molecule has 0 amide bonds. The summed E-state index contributed by atoms with van der Waals surface area (Å²) in [4.78, 5) is 20.8. The third-order valence-corrected chi connectivity index (χ3v) is 5.90. The van der Waals surface area contributed by atoms with Crippen molar-refractivity contribution in [2.45, 2.75) is 20.3 Å². The van der Waals surface area contributed by atoms with Crippen LogP contribution in [0.25, 0.3) is 21.8 Å². The number of nitrogens with zero attached hydrogens (tertiary/aromatic N) is 4. The van der Waals surface area contributed by atoms with Gasteiger partial charge in [0.05, 0.1) is 36.1 Å². The third-order valence-electron chi connectivity index (χ3n) is 5.90. The van der Waals surface area contributed by atoms with Gasteiger partial charge in [0.2, 0.25) is 0 Å². The molecule has 1 saturated heterocycles. The molecule has 28 heavy (non-hydrogen) atoms. The summed E-state index contributed by atoms with van der Waals surface area (Å²) in [7, 11) is 3.82. The minimum absolute atomic E-state index is 0.312. The number of ether oxygens (including phenoxy) is 1. The predicted molar refractivity (Wildman–Crippen MR) is 113 cm³/mol. The Hall–Kier alpha value is -2.60. The smallest absolute Gasteiger partial charge is 0.146 e. The highest BCUT2D eigenvalue weighted by atomic mass is 16.5. The van der Waals surface area contributed by atoms with Gasteiger partial charge in [-0.25, -0.2) is 0 Å². The molecule has 3 aromatic rings. The minimum atomic E-state index is 0.312. The molecule has 6 nitrogen and oxygen atoms in total. The van der Waals surface area contributed by atoms with Gasteiger partial charge < -0.3 is 14.2 Å². The molecule has 0 spiro atoms. The van der Waals surface area contributed by atoms with E-state index in [1.165, 1.54) is 16.3 Å². The number of carbonyl (C=O) groups is 1. The van der Waals surface area contributed by atoms with Crippen LogP contribution in [0.2, 0.25) is 0 Å². The molecule has 0 aliphatic carbocycles. The van der Waals surface area contributed by atoms with Crippen LogP contribution in [0.4, 0.5) is 5.69 Å². The molecular weight excluding hydrogens is 352 g/mol. The molecule has 3 heterocycles. The number of anilines is 1. The van der Waals surface area contributed by atoms with Crippen LogP contribution in [-0.4, -0.2) is 60.1 Å². The normalized spacial score (nSPS) is 15.5. The van der Waals surface area contributed by atoms with Crippen LogP contribution in [0.1, 0.15) is 19.0 Å². The largest absolute Gasteiger partial charge is 0.495 e. The first-order valence-corrected chi connectivity index (χ1v) is 9.94. The van der Waals surface area contributed by atoms with Crippen LogP contribution in [0, 0.1) is 6.92 Å². The lowest BCUT2D eigenvalue weighted by Gasteiger charge is -2.36. The molecule has 2 aromatic heterocycles. The third kappa shape index (κ3) is 3.11. The topological polar surface area (TPSA) is 50.6 Å². The van der Waals surface area contributed by atoms with E-state index in [2.05, 4.69) is 51.5 Å². The van der Waals surface area contributed by atoms with Gasteiger partial charge in [-0.2, -0.15) is 0 Å². The lowest BCUT2D eigenvalue weighted by Crippen LogP contribution is -2.48. The number of benzene rings is 1. The fraction of sp³-hybridized carbons (Fsp3) is 0.455. The molecule has 4 rings (SSSR count). The Bertz CT molecular complexity index is 1030. The van der Waals surface area contributed by atoms with Crippen molar-refractivity contribution >= 4 is 33.3 Å². The van der Waals surface area contributed by atoms with E-state index in [0.717, 1.165) is 48.8 Å². The summed E-state index contributed by atoms with van der Waals surface area (Å²) in [6.45, 7) is 8.12. The zero-order valence-corrected chi connectivity index (χ0v) is 17.2. The maximum absolute atomic E-state index is 11.7. The van der Waals surface area contributed by atoms with Crippen molar-refractivity contribution in [3.8, 4) is 5.75 Å². The molecule has 0 N–H and O–H groups in total. The Morgan fingerprint density at radius 1 is 1.18 bits per heavy atom. The number of ketones is 1. The highest BCUT2D eigenvalue weighted by Gasteiger charge is 2.23. The van der Waals surface area contributed by atoms with Gasteiger partial charge >= 0.3 is 0 Å². The lowest BCUT2D eigenvalue weighted by atomic mass is 10.1. The number of Topliss-reactive ketones (excluding diaryl/α,β-unsaturated/α-hetero) is 1. The Morgan fingerprint density at radius 2 is 1.93 bits per heavy atom. The number of carbonyl (C=O) groups excluding carboxylic acids is 1. The fourth-order valence-corrected chi connectivity index (χ4v) is 4.29. The van der Waals surface area contributed by atoms with Crippen molar-refractivity contribution in [3.63, 3.8) is 0 Å². The van der Waals surface area contributed by atoms with Crippen molar-refractivity contribution in [1.82, 2.24) is 14.5 Å². The molecule has 1 aliphatic rings. The standard InChI is InChI=1S/C22H28N4O2/c1-5-16(27)14-25-8-10-26(11-9-25)20-12-18-17-6-7-23-15(2)22(17)24(3)19(18)13-21(20)28-4/h6-7,12-13H,5,8-11,14H2,1-4H3. The van der Waals surface area contributed by atoms with Crippen molar-refractivity contribution in [2.24, 2.45) is 7.05 Å². The molecule has 0 atom stereocenters. The van der Waals surface area contributed by atoms with Gasteiger partial charge in [0.15, 0.2) is 0 Å². The molecule has 1 aromatic carbocycles. The van der Waals surface area contributed by atoms with E-state index in [-0.39, 0.29) is 0 Å². The number of piperazine rings is 1. The first kappa shape index (κ1) is 18.7. The highest BCUT2D eigenvalue weighted by Crippen LogP contribution is 2.38. The lowest BCUT2D eigenvalue weighted by molar-refractivity contribution is -0.119. The van der Waals surface area contributed by atoms with Gasteiger partial charge in [-0.1, -0.05) is 6.92 Å². The van der Waals surface area contributed by atoms with Crippen LogP contribution in [0.15, 0.2) is 24.4 Å². The number of methoxy groups -OCH3 is 1. The molecule has 0 saturated carbocycles. The summed E-state index contributed by atoms with van der Waals surface area (Å²) >= 11 is 0. The van der Waals surface area contributed by atoms with Crippen molar-refractivity contribution < 1.29 is 9.53 Å². The van der Waals surface area contributed by atoms with Gasteiger partial charge in [-0.3, -0.25) is 14.7 Å². The predicted octanol–water partition coefficient (Wildman–Crippen LogP) is 3.14. The summed E-state index contributed by atoms with van der Waals surface area (Å²) in [5.41, 5.74) is 4.47. The molecule has 0 unspecified atom stereocenters. The number of aryl methyl sites for hydroxylation is 2. The van der Waals surface area contributed by atoms with Crippen LogP contribution in [0.3, 0.4) is 0 Å². The van der Waals surface area contributed by atoms with E-state index in [1.54, 1.807) is 7.11 Å². The summed E-state index contributed by atoms with van der Waals surface area (Å²) in [5.74, 6) is 1.20. The van der Waals surface area contributed by atoms with Crippen molar-refractivity contribution in [3.05, 3.63) is 30.1 Å². The zero-order chi connectivity index (χ0) is 19.8. The minimum Gasteiger partial charge on any atom is -0.495 e. The maximum Gasteiger partial charge on any atom is 0.146 e. The molecule has 6 heteroatoms. The fourth-order valence-electron chi connectivity index (χ4n) is 4.29. The summed E-state index contributed by atoms with van der Waals surface area (Å²) < 4.78 is 7.96. The van der Waals surface area contributed by atoms with Gasteiger partial charge in [0, 0.05) is 62.7 Å². The second-order valence-electron chi connectivity index (χ2n) is 7.55. The number of aromatic nitrogens is 2. The quantitative estimate of drug-likeness (QED) is 0.681. The Labute approximate surface area is 165 Å². The Balaban J connectivity index is 1.71. The van der Waals surface area contributed by atoms with Gasteiger partial charge in [0.1, 0.15) is 11.5 Å². The molecule has 0 radical (unpaired) electrons. The summed E-state index contributed by atoms with van der Waals surface area (Å²) in [6.07, 6.45) is 2.49. The van der Waals surface area contributed by atoms with Gasteiger partial charge in [0.25, 0.3) is 0 Å². The second kappa shape index (κ2) is 7.43. The average molecular weight is 380 g/mol. The van der Waals surface area contributed by atoms with Crippen molar-refractivity contribution in [2.75, 3.05) is 44.7 Å². The van der Waals surface area contributed by atoms with Gasteiger partial charge in [-0.05, 0) is 19.1 Å².